The van der Waals surface area contributed by atoms with Crippen molar-refractivity contribution in [3.8, 4) is 0 Å². The fraction of sp³-hybridized carbons (Fsp3) is 0.583. The summed E-state index contributed by atoms with van der Waals surface area (Å²) in [5.74, 6) is 0.185. The van der Waals surface area contributed by atoms with Crippen LogP contribution < -0.4 is 0 Å². The Bertz CT molecular complexity index is 511. The van der Waals surface area contributed by atoms with Crippen LogP contribution in [0.1, 0.15) is 36.6 Å². The Morgan fingerprint density at radius 1 is 1.29 bits per heavy atom. The van der Waals surface area contributed by atoms with Crippen LogP contribution in [0.2, 0.25) is 5.15 Å². The molecule has 3 rings (SSSR count). The predicted octanol–water partition coefficient (Wildman–Crippen LogP) is 1.88. The molecule has 0 atom stereocenters. The lowest BCUT2D eigenvalue weighted by atomic mass is 9.98. The first-order valence-corrected chi connectivity index (χ1v) is 6.20. The highest BCUT2D eigenvalue weighted by Crippen LogP contribution is 2.44. The minimum absolute atomic E-state index is 0.0509. The molecule has 1 aliphatic heterocycles. The largest absolute Gasteiger partial charge is 0.333 e. The van der Waals surface area contributed by atoms with Gasteiger partial charge >= 0.3 is 0 Å². The van der Waals surface area contributed by atoms with Crippen LogP contribution in [0.15, 0.2) is 0 Å². The summed E-state index contributed by atoms with van der Waals surface area (Å²) >= 11 is 6.09. The highest BCUT2D eigenvalue weighted by molar-refractivity contribution is 6.30. The van der Waals surface area contributed by atoms with E-state index in [-0.39, 0.29) is 11.4 Å². The van der Waals surface area contributed by atoms with E-state index in [4.69, 9.17) is 11.6 Å². The van der Waals surface area contributed by atoms with Crippen molar-refractivity contribution in [1.82, 2.24) is 15.1 Å². The van der Waals surface area contributed by atoms with Gasteiger partial charge in [0.15, 0.2) is 5.15 Å². The maximum atomic E-state index is 12.1. The summed E-state index contributed by atoms with van der Waals surface area (Å²) in [4.78, 5) is 14.1. The molecule has 5 heteroatoms. The third-order valence-corrected chi connectivity index (χ3v) is 4.21. The van der Waals surface area contributed by atoms with Crippen LogP contribution in [0.4, 0.5) is 0 Å². The summed E-state index contributed by atoms with van der Waals surface area (Å²) in [5.41, 5.74) is 2.82. The molecule has 2 aliphatic rings. The fourth-order valence-corrected chi connectivity index (χ4v) is 2.63. The number of aromatic nitrogens is 2. The van der Waals surface area contributed by atoms with Crippen molar-refractivity contribution in [1.29, 1.82) is 0 Å². The summed E-state index contributed by atoms with van der Waals surface area (Å²) in [7, 11) is 0. The minimum atomic E-state index is 0.0509. The van der Waals surface area contributed by atoms with Gasteiger partial charge in [0.1, 0.15) is 0 Å². The molecule has 1 saturated carbocycles. The summed E-state index contributed by atoms with van der Waals surface area (Å²) in [6.07, 6.45) is 2.58. The van der Waals surface area contributed by atoms with Crippen molar-refractivity contribution in [2.45, 2.75) is 45.2 Å². The Kier molecular flexibility index (Phi) is 2.20. The van der Waals surface area contributed by atoms with E-state index >= 15 is 0 Å². The monoisotopic (exact) mass is 251 g/mol. The smallest absolute Gasteiger partial charge is 0.227 e. The minimum Gasteiger partial charge on any atom is -0.333 e. The van der Waals surface area contributed by atoms with E-state index < -0.39 is 0 Å². The van der Waals surface area contributed by atoms with E-state index in [9.17, 15) is 4.79 Å². The van der Waals surface area contributed by atoms with Crippen molar-refractivity contribution in [2.24, 2.45) is 0 Å². The van der Waals surface area contributed by atoms with Gasteiger partial charge in [-0.3, -0.25) is 4.79 Å². The topological polar surface area (TPSA) is 46.1 Å². The number of carbonyl (C=O) groups excluding carboxylic acids is 1. The molecule has 1 fully saturated rings. The molecule has 4 nitrogen and oxygen atoms in total. The summed E-state index contributed by atoms with van der Waals surface area (Å²) in [6.45, 7) is 4.59. The lowest BCUT2D eigenvalue weighted by Crippen LogP contribution is -2.44. The number of nitrogens with zero attached hydrogens (tertiary/aromatic N) is 3. The van der Waals surface area contributed by atoms with E-state index in [0.717, 1.165) is 29.7 Å². The fourth-order valence-electron chi connectivity index (χ4n) is 2.41. The normalized spacial score (nSPS) is 21.4. The molecule has 2 heterocycles. The maximum absolute atomic E-state index is 12.1. The first-order chi connectivity index (χ1) is 8.01. The van der Waals surface area contributed by atoms with Gasteiger partial charge in [-0.2, -0.15) is 5.10 Å². The third-order valence-electron chi connectivity index (χ3n) is 3.91. The van der Waals surface area contributed by atoms with E-state index in [2.05, 4.69) is 17.1 Å². The molecule has 90 valence electrons. The van der Waals surface area contributed by atoms with Crippen molar-refractivity contribution in [3.63, 3.8) is 0 Å². The molecule has 1 aromatic heterocycles. The molecule has 1 amide bonds. The molecule has 0 N–H and O–H groups in total. The zero-order valence-electron chi connectivity index (χ0n) is 9.96. The quantitative estimate of drug-likeness (QED) is 0.766. The number of halogens is 1. The van der Waals surface area contributed by atoms with Gasteiger partial charge in [-0.05, 0) is 32.3 Å². The average molecular weight is 252 g/mol. The summed E-state index contributed by atoms with van der Waals surface area (Å²) in [5, 5.41) is 8.35. The summed E-state index contributed by atoms with van der Waals surface area (Å²) in [6, 6.07) is 0. The van der Waals surface area contributed by atoms with Crippen molar-refractivity contribution in [3.05, 3.63) is 22.0 Å². The van der Waals surface area contributed by atoms with E-state index in [1.807, 2.05) is 11.8 Å². The lowest BCUT2D eigenvalue weighted by molar-refractivity contribution is -0.134. The van der Waals surface area contributed by atoms with Crippen LogP contribution >= 0.6 is 11.6 Å². The van der Waals surface area contributed by atoms with Crippen LogP contribution in [0.5, 0.6) is 0 Å². The van der Waals surface area contributed by atoms with Crippen LogP contribution in [0, 0.1) is 6.92 Å². The number of carbonyl (C=O) groups is 1. The predicted molar refractivity (Wildman–Crippen MR) is 63.7 cm³/mol. The first kappa shape index (κ1) is 11.0. The Labute approximate surface area is 105 Å². The number of hydrogen-bond donors (Lipinski definition) is 0. The molecular weight excluding hydrogens is 238 g/mol. The molecule has 1 aromatic rings. The molecule has 1 aliphatic carbocycles. The first-order valence-electron chi connectivity index (χ1n) is 5.82. The Balaban J connectivity index is 2.04. The van der Waals surface area contributed by atoms with Crippen LogP contribution in [-0.4, -0.2) is 26.5 Å². The molecule has 0 aromatic carbocycles. The SMILES string of the molecule is Cc1nnc(Cl)c2c1CC(=O)N(C1(C)CC1)C2. The second-order valence-corrected chi connectivity index (χ2v) is 5.54. The zero-order chi connectivity index (χ0) is 12.2. The van der Waals surface area contributed by atoms with Crippen LogP contribution in [0.25, 0.3) is 0 Å². The van der Waals surface area contributed by atoms with Gasteiger partial charge in [0, 0.05) is 17.6 Å². The van der Waals surface area contributed by atoms with Gasteiger partial charge in [0.2, 0.25) is 5.91 Å². The van der Waals surface area contributed by atoms with E-state index in [1.54, 1.807) is 0 Å². The molecule has 0 unspecified atom stereocenters. The molecule has 0 radical (unpaired) electrons. The Morgan fingerprint density at radius 3 is 2.65 bits per heavy atom. The van der Waals surface area contributed by atoms with Gasteiger partial charge < -0.3 is 4.90 Å². The van der Waals surface area contributed by atoms with E-state index in [0.29, 0.717) is 18.1 Å². The second-order valence-electron chi connectivity index (χ2n) is 5.19. The zero-order valence-corrected chi connectivity index (χ0v) is 10.7. The number of aryl methyl sites for hydroxylation is 1. The van der Waals surface area contributed by atoms with Crippen LogP contribution in [-0.2, 0) is 17.8 Å². The Morgan fingerprint density at radius 2 is 2.00 bits per heavy atom. The standard InChI is InChI=1S/C12H14ClN3O/c1-7-8-5-10(17)16(12(2)3-4-12)6-9(8)11(13)15-14-7/h3-6H2,1-2H3. The maximum Gasteiger partial charge on any atom is 0.227 e. The second kappa shape index (κ2) is 3.42. The van der Waals surface area contributed by atoms with Gasteiger partial charge in [0.25, 0.3) is 0 Å². The third kappa shape index (κ3) is 1.62. The van der Waals surface area contributed by atoms with Crippen molar-refractivity contribution in [2.75, 3.05) is 0 Å². The van der Waals surface area contributed by atoms with Crippen molar-refractivity contribution >= 4 is 17.5 Å². The van der Waals surface area contributed by atoms with Crippen LogP contribution in [0.3, 0.4) is 0 Å². The van der Waals surface area contributed by atoms with Crippen molar-refractivity contribution < 1.29 is 4.79 Å². The highest BCUT2D eigenvalue weighted by Gasteiger charge is 2.47. The highest BCUT2D eigenvalue weighted by atomic mass is 35.5. The molecule has 0 saturated heterocycles. The Hall–Kier alpha value is -1.16. The lowest BCUT2D eigenvalue weighted by Gasteiger charge is -2.34. The number of hydrogen-bond acceptors (Lipinski definition) is 3. The van der Waals surface area contributed by atoms with E-state index in [1.165, 1.54) is 0 Å². The van der Waals surface area contributed by atoms with Gasteiger partial charge in [-0.25, -0.2) is 0 Å². The molecule has 17 heavy (non-hydrogen) atoms. The number of fused-ring (bicyclic) bond motifs is 1. The molecular formula is C12H14ClN3O. The molecule has 0 bridgehead atoms. The number of rotatable bonds is 1. The average Bonchev–Trinajstić information content (AvgIpc) is 3.03. The number of amides is 1. The van der Waals surface area contributed by atoms with Gasteiger partial charge in [-0.1, -0.05) is 11.6 Å². The van der Waals surface area contributed by atoms with Gasteiger partial charge in [-0.15, -0.1) is 5.10 Å². The summed E-state index contributed by atoms with van der Waals surface area (Å²) < 4.78 is 0. The molecule has 0 spiro atoms. The van der Waals surface area contributed by atoms with Gasteiger partial charge in [0.05, 0.1) is 12.1 Å².